The molecule has 9 nitrogen and oxygen atoms in total. The number of benzene rings is 1. The van der Waals surface area contributed by atoms with Crippen LogP contribution in [0.25, 0.3) is 22.3 Å². The molecule has 2 N–H and O–H groups in total. The fourth-order valence-corrected chi connectivity index (χ4v) is 6.12. The molecule has 1 saturated carbocycles. The number of esters is 1. The van der Waals surface area contributed by atoms with Crippen LogP contribution in [0.5, 0.6) is 5.75 Å². The quantitative estimate of drug-likeness (QED) is 0.323. The Morgan fingerprint density at radius 3 is 2.49 bits per heavy atom. The van der Waals surface area contributed by atoms with Gasteiger partial charge in [-0.2, -0.15) is 0 Å². The van der Waals surface area contributed by atoms with Gasteiger partial charge in [-0.3, -0.25) is 4.79 Å². The number of phenolic OH excluding ortho intramolecular Hbond substituents is 1. The largest absolute Gasteiger partial charge is 0.507 e. The second kappa shape index (κ2) is 11.0. The molecule has 0 amide bonds. The van der Waals surface area contributed by atoms with Crippen LogP contribution >= 0.6 is 0 Å². The van der Waals surface area contributed by atoms with Crippen LogP contribution in [0.4, 0.5) is 5.95 Å². The number of fused-ring (bicyclic) bond motifs is 1. The molecule has 0 unspecified atom stereocenters. The summed E-state index contributed by atoms with van der Waals surface area (Å²) in [6.45, 7) is 4.07. The molecule has 1 saturated heterocycles. The highest BCUT2D eigenvalue weighted by Gasteiger charge is 2.29. The van der Waals surface area contributed by atoms with Crippen molar-refractivity contribution in [1.29, 1.82) is 0 Å². The van der Waals surface area contributed by atoms with E-state index in [0.29, 0.717) is 29.7 Å². The molecule has 9 heteroatoms. The highest BCUT2D eigenvalue weighted by Crippen LogP contribution is 2.38. The van der Waals surface area contributed by atoms with Crippen molar-refractivity contribution in [3.63, 3.8) is 0 Å². The minimum atomic E-state index is -0.0533. The topological polar surface area (TPSA) is 117 Å². The molecule has 0 bridgehead atoms. The molecule has 0 radical (unpaired) electrons. The van der Waals surface area contributed by atoms with Crippen LogP contribution in [0.15, 0.2) is 48.9 Å². The first kappa shape index (κ1) is 25.3. The maximum atomic E-state index is 12.0. The van der Waals surface area contributed by atoms with Crippen LogP contribution in [0, 0.1) is 5.92 Å². The van der Waals surface area contributed by atoms with Gasteiger partial charge in [0, 0.05) is 42.6 Å². The Labute approximate surface area is 227 Å². The van der Waals surface area contributed by atoms with E-state index in [2.05, 4.69) is 26.3 Å². The molecule has 1 aromatic carbocycles. The van der Waals surface area contributed by atoms with Crippen LogP contribution in [0.3, 0.4) is 0 Å². The van der Waals surface area contributed by atoms with E-state index < -0.39 is 0 Å². The minimum absolute atomic E-state index is 0.0314. The zero-order chi connectivity index (χ0) is 26.8. The van der Waals surface area contributed by atoms with Gasteiger partial charge in [-0.05, 0) is 86.6 Å². The number of hydrogen-bond donors (Lipinski definition) is 2. The lowest BCUT2D eigenvalue weighted by atomic mass is 9.79. The second-order valence-corrected chi connectivity index (χ2v) is 10.6. The number of aromatic nitrogens is 5. The van der Waals surface area contributed by atoms with Crippen LogP contribution in [-0.2, 0) is 9.53 Å². The molecular formula is C30H34N6O3. The number of carbonyl (C=O) groups excluding carboxylic acids is 1. The molecule has 2 fully saturated rings. The molecular weight excluding hydrogens is 492 g/mol. The fraction of sp³-hybridized carbons (Fsp3) is 0.433. The molecule has 4 heterocycles. The molecule has 6 rings (SSSR count). The third kappa shape index (κ3) is 5.17. The lowest BCUT2D eigenvalue weighted by Gasteiger charge is -2.32. The van der Waals surface area contributed by atoms with Gasteiger partial charge in [0.15, 0.2) is 5.65 Å². The number of nitrogens with one attached hydrogen (secondary N) is 1. The third-order valence-electron chi connectivity index (χ3n) is 8.34. The SMILES string of the molecule is CCOC(=O)C1CCC(c2cnc(N3CCC(c4c[nH]c5nnc(-c6ccccc6O)cc45)CC3)nc2)CC1. The Balaban J connectivity index is 1.09. The van der Waals surface area contributed by atoms with E-state index in [1.54, 1.807) is 12.1 Å². The third-order valence-corrected chi connectivity index (χ3v) is 8.34. The van der Waals surface area contributed by atoms with Crippen molar-refractivity contribution >= 4 is 23.0 Å². The molecule has 2 aliphatic rings. The first-order valence-electron chi connectivity index (χ1n) is 14.0. The summed E-state index contributed by atoms with van der Waals surface area (Å²) >= 11 is 0. The molecule has 3 aromatic heterocycles. The number of rotatable bonds is 6. The summed E-state index contributed by atoms with van der Waals surface area (Å²) < 4.78 is 5.20. The average Bonchev–Trinajstić information content (AvgIpc) is 3.41. The predicted octanol–water partition coefficient (Wildman–Crippen LogP) is 5.34. The summed E-state index contributed by atoms with van der Waals surface area (Å²) in [6.07, 6.45) is 11.7. The number of hydrogen-bond acceptors (Lipinski definition) is 8. The van der Waals surface area contributed by atoms with Crippen molar-refractivity contribution in [1.82, 2.24) is 25.1 Å². The van der Waals surface area contributed by atoms with E-state index in [1.807, 2.05) is 37.5 Å². The van der Waals surface area contributed by atoms with Gasteiger partial charge in [-0.25, -0.2) is 9.97 Å². The summed E-state index contributed by atoms with van der Waals surface area (Å²) in [5.41, 5.74) is 4.52. The van der Waals surface area contributed by atoms with Crippen molar-refractivity contribution < 1.29 is 14.6 Å². The minimum Gasteiger partial charge on any atom is -0.507 e. The van der Waals surface area contributed by atoms with Crippen LogP contribution in [0.2, 0.25) is 0 Å². The smallest absolute Gasteiger partial charge is 0.308 e. The van der Waals surface area contributed by atoms with Crippen molar-refractivity contribution in [2.75, 3.05) is 24.6 Å². The van der Waals surface area contributed by atoms with E-state index in [0.717, 1.165) is 74.2 Å². The molecule has 4 aromatic rings. The van der Waals surface area contributed by atoms with Gasteiger partial charge in [-0.1, -0.05) is 12.1 Å². The van der Waals surface area contributed by atoms with Gasteiger partial charge in [0.2, 0.25) is 5.95 Å². The summed E-state index contributed by atoms with van der Waals surface area (Å²) in [5, 5.41) is 20.0. The Hall–Kier alpha value is -4.01. The molecule has 0 spiro atoms. The monoisotopic (exact) mass is 526 g/mol. The number of carbonyl (C=O) groups is 1. The molecule has 1 aliphatic carbocycles. The summed E-state index contributed by atoms with van der Waals surface area (Å²) in [4.78, 5) is 27.0. The highest BCUT2D eigenvalue weighted by molar-refractivity contribution is 5.84. The Morgan fingerprint density at radius 2 is 1.77 bits per heavy atom. The van der Waals surface area contributed by atoms with Gasteiger partial charge in [-0.15, -0.1) is 10.2 Å². The number of aromatic amines is 1. The van der Waals surface area contributed by atoms with Crippen LogP contribution < -0.4 is 4.90 Å². The normalized spacial score (nSPS) is 20.3. The number of aromatic hydroxyl groups is 1. The Kier molecular flexibility index (Phi) is 7.13. The maximum absolute atomic E-state index is 12.0. The van der Waals surface area contributed by atoms with E-state index in [-0.39, 0.29) is 17.6 Å². The summed E-state index contributed by atoms with van der Waals surface area (Å²) in [5.74, 6) is 1.76. The lowest BCUT2D eigenvalue weighted by Crippen LogP contribution is -2.34. The van der Waals surface area contributed by atoms with Gasteiger partial charge in [0.1, 0.15) is 5.75 Å². The number of anilines is 1. The average molecular weight is 527 g/mol. The van der Waals surface area contributed by atoms with E-state index in [1.165, 1.54) is 5.56 Å². The zero-order valence-electron chi connectivity index (χ0n) is 22.2. The number of piperidine rings is 1. The zero-order valence-corrected chi connectivity index (χ0v) is 22.2. The molecule has 1 aliphatic heterocycles. The van der Waals surface area contributed by atoms with Gasteiger partial charge >= 0.3 is 5.97 Å². The van der Waals surface area contributed by atoms with Crippen LogP contribution in [0.1, 0.15) is 68.4 Å². The fourth-order valence-electron chi connectivity index (χ4n) is 6.12. The van der Waals surface area contributed by atoms with Crippen molar-refractivity contribution in [2.45, 2.75) is 57.3 Å². The number of para-hydroxylation sites is 1. The van der Waals surface area contributed by atoms with Gasteiger partial charge < -0.3 is 19.7 Å². The van der Waals surface area contributed by atoms with E-state index in [4.69, 9.17) is 14.7 Å². The summed E-state index contributed by atoms with van der Waals surface area (Å²) in [6, 6.07) is 9.24. The second-order valence-electron chi connectivity index (χ2n) is 10.6. The number of ether oxygens (including phenoxy) is 1. The number of phenols is 1. The number of nitrogens with zero attached hydrogens (tertiary/aromatic N) is 5. The molecule has 39 heavy (non-hydrogen) atoms. The Morgan fingerprint density at radius 1 is 1.03 bits per heavy atom. The molecule has 0 atom stereocenters. The summed E-state index contributed by atoms with van der Waals surface area (Å²) in [7, 11) is 0. The molecule has 202 valence electrons. The first-order chi connectivity index (χ1) is 19.1. The Bertz CT molecular complexity index is 1440. The standard InChI is InChI=1S/C30H34N6O3/c1-2-39-29(38)21-9-7-19(8-10-21)22-16-32-30(33-17-22)36-13-11-20(12-14-36)25-18-31-28-24(25)15-26(34-35-28)23-5-3-4-6-27(23)37/h3-6,15-21,37H,2,7-14H2,1H3,(H,31,35). The van der Waals surface area contributed by atoms with E-state index in [9.17, 15) is 9.90 Å². The van der Waals surface area contributed by atoms with Gasteiger partial charge in [0.25, 0.3) is 0 Å². The van der Waals surface area contributed by atoms with Crippen molar-refractivity contribution in [2.24, 2.45) is 5.92 Å². The van der Waals surface area contributed by atoms with Crippen molar-refractivity contribution in [3.8, 4) is 17.0 Å². The number of H-pyrrole nitrogens is 1. The lowest BCUT2D eigenvalue weighted by molar-refractivity contribution is -0.149. The first-order valence-corrected chi connectivity index (χ1v) is 14.0. The van der Waals surface area contributed by atoms with Crippen LogP contribution in [-0.4, -0.2) is 55.9 Å². The van der Waals surface area contributed by atoms with Gasteiger partial charge in [0.05, 0.1) is 18.2 Å². The van der Waals surface area contributed by atoms with Crippen molar-refractivity contribution in [3.05, 3.63) is 60.0 Å². The highest BCUT2D eigenvalue weighted by atomic mass is 16.5. The predicted molar refractivity (Wildman–Crippen MR) is 149 cm³/mol. The maximum Gasteiger partial charge on any atom is 0.308 e. The van der Waals surface area contributed by atoms with E-state index >= 15 is 0 Å².